The summed E-state index contributed by atoms with van der Waals surface area (Å²) >= 11 is 0. The van der Waals surface area contributed by atoms with Crippen LogP contribution in [-0.2, 0) is 7.05 Å². The van der Waals surface area contributed by atoms with Crippen LogP contribution in [0.4, 0.5) is 5.69 Å². The molecular weight excluding hydrogens is 214 g/mol. The minimum Gasteiger partial charge on any atom is -0.316 e. The van der Waals surface area contributed by atoms with Crippen molar-refractivity contribution >= 4 is 16.7 Å². The quantitative estimate of drug-likeness (QED) is 0.420. The number of aromatic nitrogens is 2. The second-order valence-corrected chi connectivity index (χ2v) is 3.28. The molecular formula is C9H7N3O4. The Morgan fingerprint density at radius 2 is 2.06 bits per heavy atom. The maximum atomic E-state index is 11.3. The number of benzene rings is 1. The van der Waals surface area contributed by atoms with Crippen molar-refractivity contribution in [3.05, 3.63) is 49.0 Å². The lowest BCUT2D eigenvalue weighted by Crippen LogP contribution is -2.34. The molecule has 0 atom stereocenters. The Morgan fingerprint density at radius 1 is 1.38 bits per heavy atom. The van der Waals surface area contributed by atoms with E-state index in [9.17, 15) is 19.7 Å². The van der Waals surface area contributed by atoms with Gasteiger partial charge in [0.1, 0.15) is 0 Å². The van der Waals surface area contributed by atoms with Gasteiger partial charge >= 0.3 is 11.1 Å². The molecule has 2 rings (SSSR count). The second kappa shape index (κ2) is 3.30. The Labute approximate surface area is 88.1 Å². The molecule has 7 nitrogen and oxygen atoms in total. The number of aromatic amines is 1. The van der Waals surface area contributed by atoms with Gasteiger partial charge in [-0.15, -0.1) is 0 Å². The maximum absolute atomic E-state index is 11.3. The molecule has 1 N–H and O–H groups in total. The number of non-ortho nitro benzene ring substituents is 1. The summed E-state index contributed by atoms with van der Waals surface area (Å²) < 4.78 is 1.15. The van der Waals surface area contributed by atoms with Crippen LogP contribution in [0.1, 0.15) is 0 Å². The topological polar surface area (TPSA) is 98.0 Å². The third-order valence-electron chi connectivity index (χ3n) is 2.30. The van der Waals surface area contributed by atoms with Crippen LogP contribution in [0.15, 0.2) is 27.8 Å². The van der Waals surface area contributed by atoms with Gasteiger partial charge in [-0.3, -0.25) is 19.7 Å². The summed E-state index contributed by atoms with van der Waals surface area (Å²) in [6.07, 6.45) is 0. The third-order valence-corrected chi connectivity index (χ3v) is 2.30. The average molecular weight is 221 g/mol. The Hall–Kier alpha value is -2.44. The molecule has 0 unspecified atom stereocenters. The van der Waals surface area contributed by atoms with Gasteiger partial charge in [-0.1, -0.05) is 0 Å². The average Bonchev–Trinajstić information content (AvgIpc) is 2.25. The molecule has 1 heterocycles. The van der Waals surface area contributed by atoms with Gasteiger partial charge in [0.25, 0.3) is 5.69 Å². The zero-order chi connectivity index (χ0) is 11.9. The largest absolute Gasteiger partial charge is 0.316 e. The van der Waals surface area contributed by atoms with Gasteiger partial charge in [-0.25, -0.2) is 0 Å². The van der Waals surface area contributed by atoms with Crippen LogP contribution < -0.4 is 11.1 Å². The molecule has 82 valence electrons. The minimum absolute atomic E-state index is 0.137. The van der Waals surface area contributed by atoms with Crippen molar-refractivity contribution in [3.63, 3.8) is 0 Å². The van der Waals surface area contributed by atoms with E-state index in [-0.39, 0.29) is 11.2 Å². The normalized spacial score (nSPS) is 10.6. The number of H-pyrrole nitrogens is 1. The van der Waals surface area contributed by atoms with Crippen LogP contribution in [-0.4, -0.2) is 14.5 Å². The van der Waals surface area contributed by atoms with Crippen molar-refractivity contribution in [2.24, 2.45) is 7.05 Å². The van der Waals surface area contributed by atoms with Crippen molar-refractivity contribution in [2.75, 3.05) is 0 Å². The monoisotopic (exact) mass is 221 g/mol. The fourth-order valence-electron chi connectivity index (χ4n) is 1.47. The first-order valence-electron chi connectivity index (χ1n) is 4.38. The summed E-state index contributed by atoms with van der Waals surface area (Å²) in [4.78, 5) is 34.7. The predicted octanol–water partition coefficient (Wildman–Crippen LogP) is 0.135. The molecule has 0 aliphatic heterocycles. The molecule has 0 amide bonds. The molecule has 7 heteroatoms. The van der Waals surface area contributed by atoms with Crippen molar-refractivity contribution in [2.45, 2.75) is 0 Å². The molecule has 1 aromatic heterocycles. The minimum atomic E-state index is -0.796. The van der Waals surface area contributed by atoms with Gasteiger partial charge in [0.2, 0.25) is 0 Å². The first-order valence-corrected chi connectivity index (χ1v) is 4.38. The van der Waals surface area contributed by atoms with Gasteiger partial charge in [-0.05, 0) is 6.07 Å². The van der Waals surface area contributed by atoms with E-state index in [4.69, 9.17) is 0 Å². The van der Waals surface area contributed by atoms with Crippen LogP contribution >= 0.6 is 0 Å². The summed E-state index contributed by atoms with van der Waals surface area (Å²) in [5.41, 5.74) is -0.921. The van der Waals surface area contributed by atoms with E-state index < -0.39 is 16.0 Å². The van der Waals surface area contributed by atoms with E-state index in [0.717, 1.165) is 4.57 Å². The highest BCUT2D eigenvalue weighted by atomic mass is 16.6. The predicted molar refractivity (Wildman–Crippen MR) is 56.5 cm³/mol. The molecule has 16 heavy (non-hydrogen) atoms. The number of nitro groups is 1. The molecule has 0 fully saturated rings. The van der Waals surface area contributed by atoms with Gasteiger partial charge < -0.3 is 9.55 Å². The Morgan fingerprint density at radius 3 is 2.69 bits per heavy atom. The summed E-state index contributed by atoms with van der Waals surface area (Å²) in [7, 11) is 1.44. The van der Waals surface area contributed by atoms with Crippen molar-refractivity contribution in [1.82, 2.24) is 9.55 Å². The number of aryl methyl sites for hydroxylation is 1. The molecule has 0 bridgehead atoms. The summed E-state index contributed by atoms with van der Waals surface area (Å²) in [6.45, 7) is 0. The van der Waals surface area contributed by atoms with Gasteiger partial charge in [0.05, 0.1) is 16.0 Å². The van der Waals surface area contributed by atoms with Crippen molar-refractivity contribution in [3.8, 4) is 0 Å². The molecule has 0 spiro atoms. The maximum Gasteiger partial charge on any atom is 0.316 e. The first-order chi connectivity index (χ1) is 7.50. The number of rotatable bonds is 1. The molecule has 0 aliphatic carbocycles. The van der Waals surface area contributed by atoms with E-state index in [0.29, 0.717) is 5.52 Å². The van der Waals surface area contributed by atoms with Crippen LogP contribution in [0.25, 0.3) is 11.0 Å². The Balaban J connectivity index is 2.92. The SMILES string of the molecule is Cn1c(=O)c(=O)[nH]c2cc([N+](=O)[O-])ccc21. The standard InChI is InChI=1S/C9H7N3O4/c1-11-7-3-2-5(12(15)16)4-6(7)10-8(13)9(11)14/h2-4H,1H3,(H,10,13). The van der Waals surface area contributed by atoms with Crippen LogP contribution in [0, 0.1) is 10.1 Å². The third kappa shape index (κ3) is 1.38. The lowest BCUT2D eigenvalue weighted by molar-refractivity contribution is -0.384. The van der Waals surface area contributed by atoms with E-state index in [2.05, 4.69) is 4.98 Å². The van der Waals surface area contributed by atoms with E-state index in [1.54, 1.807) is 0 Å². The first kappa shape index (κ1) is 10.1. The molecule has 0 saturated heterocycles. The van der Waals surface area contributed by atoms with E-state index >= 15 is 0 Å². The van der Waals surface area contributed by atoms with E-state index in [1.165, 1.54) is 25.2 Å². The number of nitrogens with one attached hydrogen (secondary N) is 1. The fraction of sp³-hybridized carbons (Fsp3) is 0.111. The van der Waals surface area contributed by atoms with Crippen LogP contribution in [0.2, 0.25) is 0 Å². The number of nitro benzene ring substituents is 1. The zero-order valence-corrected chi connectivity index (χ0v) is 8.26. The summed E-state index contributed by atoms with van der Waals surface area (Å²) in [5, 5.41) is 10.5. The fourth-order valence-corrected chi connectivity index (χ4v) is 1.47. The zero-order valence-electron chi connectivity index (χ0n) is 8.26. The molecule has 0 radical (unpaired) electrons. The Bertz CT molecular complexity index is 698. The van der Waals surface area contributed by atoms with E-state index in [1.807, 2.05) is 0 Å². The number of hydrogen-bond acceptors (Lipinski definition) is 4. The molecule has 0 aliphatic rings. The molecule has 0 saturated carbocycles. The van der Waals surface area contributed by atoms with Crippen molar-refractivity contribution in [1.29, 1.82) is 0 Å². The number of hydrogen-bond donors (Lipinski definition) is 1. The highest BCUT2D eigenvalue weighted by Gasteiger charge is 2.09. The molecule has 2 aromatic rings. The van der Waals surface area contributed by atoms with Gasteiger partial charge in [0, 0.05) is 19.2 Å². The van der Waals surface area contributed by atoms with Crippen molar-refractivity contribution < 1.29 is 4.92 Å². The number of fused-ring (bicyclic) bond motifs is 1. The van der Waals surface area contributed by atoms with Gasteiger partial charge in [0.15, 0.2) is 0 Å². The number of nitrogens with zero attached hydrogens (tertiary/aromatic N) is 2. The Kier molecular flexibility index (Phi) is 2.08. The lowest BCUT2D eigenvalue weighted by atomic mass is 10.2. The van der Waals surface area contributed by atoms with Gasteiger partial charge in [-0.2, -0.15) is 0 Å². The summed E-state index contributed by atoms with van der Waals surface area (Å²) in [6, 6.07) is 3.92. The summed E-state index contributed by atoms with van der Waals surface area (Å²) in [5.74, 6) is 0. The highest BCUT2D eigenvalue weighted by molar-refractivity contribution is 5.77. The second-order valence-electron chi connectivity index (χ2n) is 3.28. The van der Waals surface area contributed by atoms with Crippen LogP contribution in [0.5, 0.6) is 0 Å². The molecule has 1 aromatic carbocycles. The van der Waals surface area contributed by atoms with Crippen LogP contribution in [0.3, 0.4) is 0 Å². The highest BCUT2D eigenvalue weighted by Crippen LogP contribution is 2.16. The smallest absolute Gasteiger partial charge is 0.316 e. The lowest BCUT2D eigenvalue weighted by Gasteiger charge is -2.02.